The molecule has 0 aliphatic carbocycles. The monoisotopic (exact) mass is 344 g/mol. The van der Waals surface area contributed by atoms with E-state index in [1.807, 2.05) is 11.3 Å². The van der Waals surface area contributed by atoms with Crippen LogP contribution in [0.5, 0.6) is 0 Å². The summed E-state index contributed by atoms with van der Waals surface area (Å²) in [6.07, 6.45) is 7.90. The van der Waals surface area contributed by atoms with Gasteiger partial charge in [-0.1, -0.05) is 12.8 Å². The Morgan fingerprint density at radius 3 is 3.11 bits per heavy atom. The second-order valence-corrected chi connectivity index (χ2v) is 8.09. The molecule has 0 bridgehead atoms. The van der Waals surface area contributed by atoms with Crippen LogP contribution in [-0.2, 0) is 6.42 Å². The second-order valence-electron chi connectivity index (χ2n) is 5.55. The summed E-state index contributed by atoms with van der Waals surface area (Å²) in [6.45, 7) is 4.61. The van der Waals surface area contributed by atoms with Gasteiger partial charge < -0.3 is 10.6 Å². The summed E-state index contributed by atoms with van der Waals surface area (Å²) in [4.78, 5) is 1.46. The number of hydrogen-bond donors (Lipinski definition) is 2. The van der Waals surface area contributed by atoms with Crippen molar-refractivity contribution in [2.75, 3.05) is 13.1 Å². The number of halogens is 1. The van der Waals surface area contributed by atoms with Gasteiger partial charge in [0.15, 0.2) is 0 Å². The molecule has 2 nitrogen and oxygen atoms in total. The summed E-state index contributed by atoms with van der Waals surface area (Å²) >= 11 is 5.36. The van der Waals surface area contributed by atoms with E-state index in [-0.39, 0.29) is 0 Å². The van der Waals surface area contributed by atoms with Gasteiger partial charge in [-0.2, -0.15) is 0 Å². The standard InChI is InChI=1S/C15H25BrN2S/c1-12(11-13-5-3-2-4-9-18-13)17-10-8-14-6-7-15(16)19-14/h6-7,12-13,17-18H,2-5,8-11H2,1H3. The van der Waals surface area contributed by atoms with E-state index in [4.69, 9.17) is 0 Å². The van der Waals surface area contributed by atoms with Crippen molar-refractivity contribution in [2.24, 2.45) is 0 Å². The van der Waals surface area contributed by atoms with E-state index in [0.29, 0.717) is 6.04 Å². The van der Waals surface area contributed by atoms with Crippen LogP contribution in [0.15, 0.2) is 15.9 Å². The van der Waals surface area contributed by atoms with Gasteiger partial charge in [0.2, 0.25) is 0 Å². The molecule has 1 fully saturated rings. The number of hydrogen-bond acceptors (Lipinski definition) is 3. The van der Waals surface area contributed by atoms with E-state index in [1.54, 1.807) is 0 Å². The Hall–Kier alpha value is 0.1000. The third-order valence-electron chi connectivity index (χ3n) is 3.79. The smallest absolute Gasteiger partial charge is 0.0701 e. The molecule has 0 saturated carbocycles. The van der Waals surface area contributed by atoms with E-state index in [2.05, 4.69) is 45.6 Å². The topological polar surface area (TPSA) is 24.1 Å². The minimum absolute atomic E-state index is 0.610. The van der Waals surface area contributed by atoms with Gasteiger partial charge in [0, 0.05) is 23.5 Å². The molecule has 1 aliphatic rings. The van der Waals surface area contributed by atoms with Crippen LogP contribution in [0.1, 0.15) is 43.9 Å². The lowest BCUT2D eigenvalue weighted by Gasteiger charge is -2.21. The Balaban J connectivity index is 1.62. The van der Waals surface area contributed by atoms with Gasteiger partial charge in [-0.25, -0.2) is 0 Å². The van der Waals surface area contributed by atoms with Crippen LogP contribution >= 0.6 is 27.3 Å². The highest BCUT2D eigenvalue weighted by atomic mass is 79.9. The van der Waals surface area contributed by atoms with E-state index >= 15 is 0 Å². The molecule has 19 heavy (non-hydrogen) atoms. The van der Waals surface area contributed by atoms with E-state index in [1.165, 1.54) is 47.3 Å². The van der Waals surface area contributed by atoms with Crippen LogP contribution in [0.3, 0.4) is 0 Å². The van der Waals surface area contributed by atoms with Crippen LogP contribution in [0.2, 0.25) is 0 Å². The number of rotatable bonds is 6. The Kier molecular flexibility index (Phi) is 6.85. The predicted octanol–water partition coefficient (Wildman–Crippen LogP) is 3.95. The molecule has 4 heteroatoms. The van der Waals surface area contributed by atoms with Gasteiger partial charge in [0.05, 0.1) is 3.79 Å². The lowest BCUT2D eigenvalue weighted by atomic mass is 10.0. The molecule has 2 heterocycles. The van der Waals surface area contributed by atoms with Crippen molar-refractivity contribution in [2.45, 2.75) is 57.5 Å². The minimum Gasteiger partial charge on any atom is -0.314 e. The van der Waals surface area contributed by atoms with Crippen molar-refractivity contribution in [3.63, 3.8) is 0 Å². The average molecular weight is 345 g/mol. The first kappa shape index (κ1) is 15.5. The normalized spacial score (nSPS) is 22.1. The summed E-state index contributed by atoms with van der Waals surface area (Å²) in [5, 5.41) is 7.34. The Bertz CT molecular complexity index is 359. The minimum atomic E-state index is 0.610. The summed E-state index contributed by atoms with van der Waals surface area (Å²) in [5.74, 6) is 0. The molecule has 1 saturated heterocycles. The lowest BCUT2D eigenvalue weighted by molar-refractivity contribution is 0.405. The molecule has 2 rings (SSSR count). The first-order valence-electron chi connectivity index (χ1n) is 7.45. The maximum atomic E-state index is 3.68. The van der Waals surface area contributed by atoms with Gasteiger partial charge in [-0.05, 0) is 67.2 Å². The van der Waals surface area contributed by atoms with Gasteiger partial charge in [0.25, 0.3) is 0 Å². The van der Waals surface area contributed by atoms with Crippen molar-refractivity contribution in [3.8, 4) is 0 Å². The zero-order valence-electron chi connectivity index (χ0n) is 11.8. The van der Waals surface area contributed by atoms with Crippen LogP contribution in [0.4, 0.5) is 0 Å². The molecule has 2 N–H and O–H groups in total. The molecule has 0 aromatic carbocycles. The molecule has 0 amide bonds. The third kappa shape index (κ3) is 5.94. The van der Waals surface area contributed by atoms with Gasteiger partial charge in [-0.3, -0.25) is 0 Å². The van der Waals surface area contributed by atoms with Crippen LogP contribution in [-0.4, -0.2) is 25.2 Å². The number of nitrogens with one attached hydrogen (secondary N) is 2. The molecule has 1 aliphatic heterocycles. The van der Waals surface area contributed by atoms with Crippen LogP contribution in [0, 0.1) is 0 Å². The molecule has 2 unspecified atom stereocenters. The predicted molar refractivity (Wildman–Crippen MR) is 88.1 cm³/mol. The zero-order valence-corrected chi connectivity index (χ0v) is 14.2. The largest absolute Gasteiger partial charge is 0.314 e. The first-order chi connectivity index (χ1) is 9.24. The quantitative estimate of drug-likeness (QED) is 0.816. The van der Waals surface area contributed by atoms with Crippen molar-refractivity contribution < 1.29 is 0 Å². The lowest BCUT2D eigenvalue weighted by Crippen LogP contribution is -2.37. The zero-order chi connectivity index (χ0) is 13.5. The number of thiophene rings is 1. The fraction of sp³-hybridized carbons (Fsp3) is 0.733. The summed E-state index contributed by atoms with van der Waals surface area (Å²) in [7, 11) is 0. The van der Waals surface area contributed by atoms with Crippen molar-refractivity contribution in [3.05, 3.63) is 20.8 Å². The first-order valence-corrected chi connectivity index (χ1v) is 9.06. The second kappa shape index (κ2) is 8.40. The molecule has 1 aromatic rings. The van der Waals surface area contributed by atoms with Gasteiger partial charge in [-0.15, -0.1) is 11.3 Å². The highest BCUT2D eigenvalue weighted by Gasteiger charge is 2.14. The maximum absolute atomic E-state index is 3.68. The van der Waals surface area contributed by atoms with Crippen molar-refractivity contribution >= 4 is 27.3 Å². The highest BCUT2D eigenvalue weighted by Crippen LogP contribution is 2.22. The van der Waals surface area contributed by atoms with E-state index in [0.717, 1.165) is 19.0 Å². The average Bonchev–Trinajstić information content (AvgIpc) is 2.63. The third-order valence-corrected chi connectivity index (χ3v) is 5.48. The summed E-state index contributed by atoms with van der Waals surface area (Å²) in [6, 6.07) is 5.69. The van der Waals surface area contributed by atoms with Crippen molar-refractivity contribution in [1.82, 2.24) is 10.6 Å². The molecule has 2 atom stereocenters. The maximum Gasteiger partial charge on any atom is 0.0701 e. The van der Waals surface area contributed by atoms with Gasteiger partial charge in [0.1, 0.15) is 0 Å². The molecular weight excluding hydrogens is 320 g/mol. The fourth-order valence-electron chi connectivity index (χ4n) is 2.74. The van der Waals surface area contributed by atoms with Crippen LogP contribution in [0.25, 0.3) is 0 Å². The van der Waals surface area contributed by atoms with E-state index in [9.17, 15) is 0 Å². The van der Waals surface area contributed by atoms with Gasteiger partial charge >= 0.3 is 0 Å². The van der Waals surface area contributed by atoms with Crippen LogP contribution < -0.4 is 10.6 Å². The molecule has 1 aromatic heterocycles. The fourth-order valence-corrected chi connectivity index (χ4v) is 4.22. The highest BCUT2D eigenvalue weighted by molar-refractivity contribution is 9.11. The Morgan fingerprint density at radius 1 is 1.42 bits per heavy atom. The van der Waals surface area contributed by atoms with Crippen molar-refractivity contribution in [1.29, 1.82) is 0 Å². The molecule has 108 valence electrons. The summed E-state index contributed by atoms with van der Waals surface area (Å²) in [5.41, 5.74) is 0. The molecule has 0 radical (unpaired) electrons. The SMILES string of the molecule is CC(CC1CCCCCN1)NCCc1ccc(Br)s1. The Labute approximate surface area is 129 Å². The molecular formula is C15H25BrN2S. The van der Waals surface area contributed by atoms with E-state index < -0.39 is 0 Å². The molecule has 0 spiro atoms. The summed E-state index contributed by atoms with van der Waals surface area (Å²) < 4.78 is 1.23. The Morgan fingerprint density at radius 2 is 2.32 bits per heavy atom.